The van der Waals surface area contributed by atoms with E-state index in [1.54, 1.807) is 11.1 Å². The van der Waals surface area contributed by atoms with Crippen molar-refractivity contribution in [2.75, 3.05) is 4.90 Å². The zero-order chi connectivity index (χ0) is 18.8. The number of anilines is 1. The quantitative estimate of drug-likeness (QED) is 0.393. The number of thioether (sulfide) groups is 1. The maximum absolute atomic E-state index is 12.2. The molecular formula is C18H17ClN4O2S2. The van der Waals surface area contributed by atoms with Crippen LogP contribution in [0, 0.1) is 0 Å². The van der Waals surface area contributed by atoms with E-state index in [2.05, 4.69) is 15.2 Å². The summed E-state index contributed by atoms with van der Waals surface area (Å²) in [5, 5.41) is 9.78. The third-order valence-electron chi connectivity index (χ3n) is 4.09. The smallest absolute Gasteiger partial charge is 0.228 e. The summed E-state index contributed by atoms with van der Waals surface area (Å²) in [6.07, 6.45) is 4.26. The molecule has 1 aliphatic carbocycles. The minimum absolute atomic E-state index is 0.102. The first kappa shape index (κ1) is 18.5. The van der Waals surface area contributed by atoms with Gasteiger partial charge >= 0.3 is 0 Å². The van der Waals surface area contributed by atoms with Crippen LogP contribution in [0.4, 0.5) is 5.13 Å². The van der Waals surface area contributed by atoms with E-state index in [1.807, 2.05) is 31.2 Å². The summed E-state index contributed by atoms with van der Waals surface area (Å²) in [4.78, 5) is 18.3. The number of amides is 1. The monoisotopic (exact) mass is 420 g/mol. The van der Waals surface area contributed by atoms with E-state index in [0.29, 0.717) is 34.0 Å². The lowest BCUT2D eigenvalue weighted by Crippen LogP contribution is -2.32. The van der Waals surface area contributed by atoms with Crippen LogP contribution >= 0.6 is 34.7 Å². The molecule has 2 heterocycles. The zero-order valence-corrected chi connectivity index (χ0v) is 17.0. The molecule has 0 atom stereocenters. The van der Waals surface area contributed by atoms with E-state index < -0.39 is 0 Å². The largest absolute Gasteiger partial charge is 0.440 e. The molecule has 0 unspecified atom stereocenters. The zero-order valence-electron chi connectivity index (χ0n) is 14.6. The topological polar surface area (TPSA) is 72.1 Å². The molecule has 0 aliphatic heterocycles. The van der Waals surface area contributed by atoms with E-state index in [1.165, 1.54) is 23.1 Å². The van der Waals surface area contributed by atoms with E-state index in [9.17, 15) is 4.79 Å². The molecule has 1 saturated carbocycles. The Morgan fingerprint density at radius 3 is 2.81 bits per heavy atom. The van der Waals surface area contributed by atoms with Crippen LogP contribution in [0.3, 0.4) is 0 Å². The van der Waals surface area contributed by atoms with E-state index >= 15 is 0 Å². The summed E-state index contributed by atoms with van der Waals surface area (Å²) in [6.45, 7) is 1.87. The highest BCUT2D eigenvalue weighted by atomic mass is 35.5. The molecule has 9 heteroatoms. The average molecular weight is 421 g/mol. The van der Waals surface area contributed by atoms with Crippen LogP contribution in [-0.2, 0) is 10.5 Å². The van der Waals surface area contributed by atoms with Gasteiger partial charge < -0.3 is 4.42 Å². The second-order valence-electron chi connectivity index (χ2n) is 6.11. The van der Waals surface area contributed by atoms with Crippen molar-refractivity contribution in [1.82, 2.24) is 15.2 Å². The van der Waals surface area contributed by atoms with Crippen LogP contribution < -0.4 is 4.90 Å². The fraction of sp³-hybridized carbons (Fsp3) is 0.333. The van der Waals surface area contributed by atoms with Crippen LogP contribution in [0.5, 0.6) is 0 Å². The van der Waals surface area contributed by atoms with Crippen LogP contribution in [0.15, 0.2) is 39.2 Å². The molecular weight excluding hydrogens is 404 g/mol. The third-order valence-corrected chi connectivity index (χ3v) is 6.38. The fourth-order valence-electron chi connectivity index (χ4n) is 2.58. The summed E-state index contributed by atoms with van der Waals surface area (Å²) in [6, 6.07) is 7.72. The Morgan fingerprint density at radius 2 is 2.11 bits per heavy atom. The Morgan fingerprint density at radius 1 is 1.33 bits per heavy atom. The molecule has 27 heavy (non-hydrogen) atoms. The first-order valence-electron chi connectivity index (χ1n) is 8.63. The van der Waals surface area contributed by atoms with Gasteiger partial charge in [0.15, 0.2) is 10.1 Å². The number of carbonyl (C=O) groups excluding carboxylic acids is 1. The van der Waals surface area contributed by atoms with Gasteiger partial charge in [-0.05, 0) is 37.1 Å². The number of carbonyl (C=O) groups is 1. The number of hydrogen-bond acceptors (Lipinski definition) is 7. The number of hydrogen-bond donors (Lipinski definition) is 0. The van der Waals surface area contributed by atoms with Gasteiger partial charge in [0, 0.05) is 23.0 Å². The molecule has 0 radical (unpaired) electrons. The summed E-state index contributed by atoms with van der Waals surface area (Å²) >= 11 is 8.85. The summed E-state index contributed by atoms with van der Waals surface area (Å²) in [5.41, 5.74) is 0.930. The van der Waals surface area contributed by atoms with E-state index in [-0.39, 0.29) is 11.9 Å². The summed E-state index contributed by atoms with van der Waals surface area (Å²) in [7, 11) is 0. The number of nitrogens with zero attached hydrogens (tertiary/aromatic N) is 4. The lowest BCUT2D eigenvalue weighted by molar-refractivity contribution is -0.118. The SMILES string of the molecule is CCC(=O)N(c1nnc(SCc2ncc(-c3ccc(Cl)cc3)o2)s1)C1CC1. The number of rotatable bonds is 7. The van der Waals surface area contributed by atoms with Crippen LogP contribution in [0.1, 0.15) is 32.1 Å². The summed E-state index contributed by atoms with van der Waals surface area (Å²) in [5.74, 6) is 1.97. The molecule has 0 spiro atoms. The van der Waals surface area contributed by atoms with E-state index in [0.717, 1.165) is 22.7 Å². The normalized spacial score (nSPS) is 13.7. The molecule has 1 fully saturated rings. The number of halogens is 1. The molecule has 140 valence electrons. The maximum Gasteiger partial charge on any atom is 0.228 e. The molecule has 0 bridgehead atoms. The van der Waals surface area contributed by atoms with Crippen molar-refractivity contribution in [3.8, 4) is 11.3 Å². The summed E-state index contributed by atoms with van der Waals surface area (Å²) < 4.78 is 6.60. The highest BCUT2D eigenvalue weighted by molar-refractivity contribution is 8.00. The van der Waals surface area contributed by atoms with Crippen molar-refractivity contribution in [3.63, 3.8) is 0 Å². The van der Waals surface area contributed by atoms with Crippen molar-refractivity contribution >= 4 is 45.7 Å². The van der Waals surface area contributed by atoms with Crippen LogP contribution in [-0.4, -0.2) is 27.1 Å². The van der Waals surface area contributed by atoms with Gasteiger partial charge in [0.05, 0.1) is 11.9 Å². The number of benzene rings is 1. The van der Waals surface area contributed by atoms with Crippen molar-refractivity contribution in [3.05, 3.63) is 41.4 Å². The van der Waals surface area contributed by atoms with Gasteiger partial charge in [-0.2, -0.15) is 0 Å². The number of oxazole rings is 1. The Bertz CT molecular complexity index is 937. The Kier molecular flexibility index (Phi) is 5.47. The second kappa shape index (κ2) is 8.00. The third kappa shape index (κ3) is 4.34. The van der Waals surface area contributed by atoms with Crippen molar-refractivity contribution < 1.29 is 9.21 Å². The molecule has 0 N–H and O–H groups in total. The Balaban J connectivity index is 1.40. The lowest BCUT2D eigenvalue weighted by Gasteiger charge is -2.17. The highest BCUT2D eigenvalue weighted by Crippen LogP contribution is 2.37. The molecule has 2 aromatic heterocycles. The van der Waals surface area contributed by atoms with Gasteiger partial charge in [0.25, 0.3) is 0 Å². The minimum atomic E-state index is 0.102. The second-order valence-corrected chi connectivity index (χ2v) is 8.73. The van der Waals surface area contributed by atoms with E-state index in [4.69, 9.17) is 16.0 Å². The standard InChI is InChI=1S/C18H17ClN4O2S2/c1-2-16(24)23(13-7-8-13)17-21-22-18(27-17)26-10-15-20-9-14(25-15)11-3-5-12(19)6-4-11/h3-6,9,13H,2,7-8,10H2,1H3. The minimum Gasteiger partial charge on any atom is -0.440 e. The molecule has 4 rings (SSSR count). The Hall–Kier alpha value is -1.90. The van der Waals surface area contributed by atoms with Crippen molar-refractivity contribution in [2.24, 2.45) is 0 Å². The maximum atomic E-state index is 12.2. The first-order valence-corrected chi connectivity index (χ1v) is 10.8. The molecule has 1 aromatic carbocycles. The predicted octanol–water partition coefficient (Wildman–Crippen LogP) is 5.04. The van der Waals surface area contributed by atoms with Crippen molar-refractivity contribution in [1.29, 1.82) is 0 Å². The Labute approximate surface area is 170 Å². The van der Waals surface area contributed by atoms with Crippen LogP contribution in [0.2, 0.25) is 5.02 Å². The predicted molar refractivity (Wildman–Crippen MR) is 107 cm³/mol. The highest BCUT2D eigenvalue weighted by Gasteiger charge is 2.35. The fourth-order valence-corrected chi connectivity index (χ4v) is 4.49. The van der Waals surface area contributed by atoms with Gasteiger partial charge in [-0.25, -0.2) is 4.98 Å². The van der Waals surface area contributed by atoms with Crippen LogP contribution in [0.25, 0.3) is 11.3 Å². The molecule has 0 saturated heterocycles. The van der Waals surface area contributed by atoms with Gasteiger partial charge in [-0.1, -0.05) is 41.6 Å². The molecule has 1 aliphatic rings. The molecule has 3 aromatic rings. The molecule has 6 nitrogen and oxygen atoms in total. The number of aromatic nitrogens is 3. The lowest BCUT2D eigenvalue weighted by atomic mass is 10.2. The van der Waals surface area contributed by atoms with Gasteiger partial charge in [-0.15, -0.1) is 10.2 Å². The van der Waals surface area contributed by atoms with Gasteiger partial charge in [0.2, 0.25) is 16.9 Å². The van der Waals surface area contributed by atoms with Gasteiger partial charge in [-0.3, -0.25) is 9.69 Å². The first-order chi connectivity index (χ1) is 13.1. The average Bonchev–Trinajstić information content (AvgIpc) is 3.20. The molecule has 1 amide bonds. The van der Waals surface area contributed by atoms with Crippen molar-refractivity contribution in [2.45, 2.75) is 42.3 Å². The van der Waals surface area contributed by atoms with Gasteiger partial charge in [0.1, 0.15) is 0 Å².